The van der Waals surface area contributed by atoms with Crippen LogP contribution >= 0.6 is 27.3 Å². The van der Waals surface area contributed by atoms with Crippen molar-refractivity contribution in [2.75, 3.05) is 7.11 Å². The van der Waals surface area contributed by atoms with Gasteiger partial charge in [0, 0.05) is 4.88 Å². The maximum Gasteiger partial charge on any atom is 0.313 e. The van der Waals surface area contributed by atoms with Crippen molar-refractivity contribution in [1.29, 1.82) is 0 Å². The first-order valence-electron chi connectivity index (χ1n) is 4.52. The van der Waals surface area contributed by atoms with E-state index in [1.54, 1.807) is 11.3 Å². The van der Waals surface area contributed by atoms with Crippen LogP contribution in [0.1, 0.15) is 30.6 Å². The van der Waals surface area contributed by atoms with Crippen molar-refractivity contribution in [2.45, 2.75) is 25.7 Å². The highest BCUT2D eigenvalue weighted by Gasteiger charge is 2.21. The molecule has 0 radical (unpaired) electrons. The molecule has 0 aliphatic carbocycles. The number of hydrogen-bond donors (Lipinski definition) is 0. The number of carbonyl (C=O) groups is 1. The standard InChI is InChI=1S/C10H13BrO2S/c1-3-4-7(10(12)13-2)8-5-6-9(11)14-8/h5-7H,3-4H2,1-2H3. The van der Waals surface area contributed by atoms with Crippen LogP contribution in [-0.2, 0) is 9.53 Å². The number of halogens is 1. The first-order chi connectivity index (χ1) is 6.69. The van der Waals surface area contributed by atoms with Crippen LogP contribution in [0.2, 0.25) is 0 Å². The lowest BCUT2D eigenvalue weighted by molar-refractivity contribution is -0.142. The molecule has 1 aromatic heterocycles. The fourth-order valence-corrected chi connectivity index (χ4v) is 2.87. The van der Waals surface area contributed by atoms with Crippen molar-refractivity contribution in [3.8, 4) is 0 Å². The molecule has 1 rings (SSSR count). The molecule has 0 spiro atoms. The topological polar surface area (TPSA) is 26.3 Å². The van der Waals surface area contributed by atoms with E-state index in [1.807, 2.05) is 12.1 Å². The molecule has 78 valence electrons. The molecule has 0 N–H and O–H groups in total. The van der Waals surface area contributed by atoms with Crippen LogP contribution in [0.15, 0.2) is 15.9 Å². The molecule has 0 fully saturated rings. The van der Waals surface area contributed by atoms with Crippen LogP contribution in [0, 0.1) is 0 Å². The Kier molecular flexibility index (Phi) is 4.62. The molecule has 0 saturated carbocycles. The fraction of sp³-hybridized carbons (Fsp3) is 0.500. The minimum Gasteiger partial charge on any atom is -0.469 e. The van der Waals surface area contributed by atoms with Gasteiger partial charge in [-0.2, -0.15) is 0 Å². The van der Waals surface area contributed by atoms with Crippen LogP contribution in [0.25, 0.3) is 0 Å². The van der Waals surface area contributed by atoms with Crippen molar-refractivity contribution < 1.29 is 9.53 Å². The summed E-state index contributed by atoms with van der Waals surface area (Å²) in [6, 6.07) is 3.94. The molecule has 1 atom stereocenters. The summed E-state index contributed by atoms with van der Waals surface area (Å²) in [6.45, 7) is 2.07. The van der Waals surface area contributed by atoms with E-state index in [4.69, 9.17) is 4.74 Å². The summed E-state index contributed by atoms with van der Waals surface area (Å²) in [5, 5.41) is 0. The van der Waals surface area contributed by atoms with Gasteiger partial charge in [0.05, 0.1) is 16.8 Å². The monoisotopic (exact) mass is 276 g/mol. The van der Waals surface area contributed by atoms with E-state index in [2.05, 4.69) is 22.9 Å². The van der Waals surface area contributed by atoms with E-state index in [-0.39, 0.29) is 11.9 Å². The van der Waals surface area contributed by atoms with Gasteiger partial charge in [0.2, 0.25) is 0 Å². The van der Waals surface area contributed by atoms with Gasteiger partial charge in [-0.25, -0.2) is 0 Å². The quantitative estimate of drug-likeness (QED) is 0.786. The highest BCUT2D eigenvalue weighted by molar-refractivity contribution is 9.11. The second-order valence-electron chi connectivity index (χ2n) is 3.01. The van der Waals surface area contributed by atoms with Gasteiger partial charge in [-0.1, -0.05) is 13.3 Å². The normalized spacial score (nSPS) is 12.5. The van der Waals surface area contributed by atoms with Gasteiger partial charge < -0.3 is 4.74 Å². The SMILES string of the molecule is CCCC(C(=O)OC)c1ccc(Br)s1. The van der Waals surface area contributed by atoms with Crippen molar-refractivity contribution in [2.24, 2.45) is 0 Å². The number of rotatable bonds is 4. The summed E-state index contributed by atoms with van der Waals surface area (Å²) in [5.74, 6) is -0.234. The van der Waals surface area contributed by atoms with E-state index < -0.39 is 0 Å². The summed E-state index contributed by atoms with van der Waals surface area (Å²) < 4.78 is 5.83. The van der Waals surface area contributed by atoms with Crippen molar-refractivity contribution in [3.63, 3.8) is 0 Å². The Morgan fingerprint density at radius 2 is 2.36 bits per heavy atom. The molecule has 0 aromatic carbocycles. The Bertz CT molecular complexity index is 309. The van der Waals surface area contributed by atoms with Gasteiger partial charge >= 0.3 is 5.97 Å². The van der Waals surface area contributed by atoms with Gasteiger partial charge in [-0.3, -0.25) is 4.79 Å². The maximum atomic E-state index is 11.5. The zero-order valence-corrected chi connectivity index (χ0v) is 10.7. The number of methoxy groups -OCH3 is 1. The predicted octanol–water partition coefficient (Wildman–Crippen LogP) is 3.57. The Morgan fingerprint density at radius 3 is 2.79 bits per heavy atom. The third-order valence-electron chi connectivity index (χ3n) is 2.00. The van der Waals surface area contributed by atoms with Crippen LogP contribution in [0.5, 0.6) is 0 Å². The Morgan fingerprint density at radius 1 is 1.64 bits per heavy atom. The first kappa shape index (κ1) is 11.7. The average molecular weight is 277 g/mol. The molecular weight excluding hydrogens is 264 g/mol. The minimum atomic E-state index is -0.138. The predicted molar refractivity (Wildman–Crippen MR) is 61.7 cm³/mol. The zero-order valence-electron chi connectivity index (χ0n) is 8.25. The summed E-state index contributed by atoms with van der Waals surface area (Å²) in [5.41, 5.74) is 0. The van der Waals surface area contributed by atoms with Crippen LogP contribution in [0.4, 0.5) is 0 Å². The molecule has 0 amide bonds. The number of hydrogen-bond acceptors (Lipinski definition) is 3. The van der Waals surface area contributed by atoms with Crippen molar-refractivity contribution in [3.05, 3.63) is 20.8 Å². The van der Waals surface area contributed by atoms with Crippen molar-refractivity contribution in [1.82, 2.24) is 0 Å². The Labute approximate surface area is 96.4 Å². The van der Waals surface area contributed by atoms with Crippen LogP contribution in [-0.4, -0.2) is 13.1 Å². The fourth-order valence-electron chi connectivity index (χ4n) is 1.32. The molecule has 2 nitrogen and oxygen atoms in total. The summed E-state index contributed by atoms with van der Waals surface area (Å²) in [6.07, 6.45) is 1.83. The molecule has 1 heterocycles. The second-order valence-corrected chi connectivity index (χ2v) is 5.50. The van der Waals surface area contributed by atoms with Crippen LogP contribution in [0.3, 0.4) is 0 Å². The molecule has 1 aromatic rings. The highest BCUT2D eigenvalue weighted by Crippen LogP contribution is 2.31. The summed E-state index contributed by atoms with van der Waals surface area (Å²) in [4.78, 5) is 12.6. The minimum absolute atomic E-state index is 0.0960. The number of thiophene rings is 1. The van der Waals surface area contributed by atoms with Crippen molar-refractivity contribution >= 4 is 33.2 Å². The smallest absolute Gasteiger partial charge is 0.313 e. The van der Waals surface area contributed by atoms with Gasteiger partial charge in [0.1, 0.15) is 0 Å². The Hall–Kier alpha value is -0.350. The Balaban J connectivity index is 2.82. The lowest BCUT2D eigenvalue weighted by Gasteiger charge is -2.10. The molecule has 4 heteroatoms. The summed E-state index contributed by atoms with van der Waals surface area (Å²) >= 11 is 4.98. The van der Waals surface area contributed by atoms with E-state index in [9.17, 15) is 4.79 Å². The summed E-state index contributed by atoms with van der Waals surface area (Å²) in [7, 11) is 1.44. The molecule has 0 saturated heterocycles. The first-order valence-corrected chi connectivity index (χ1v) is 6.13. The largest absolute Gasteiger partial charge is 0.469 e. The van der Waals surface area contributed by atoms with E-state index in [1.165, 1.54) is 7.11 Å². The zero-order chi connectivity index (χ0) is 10.6. The van der Waals surface area contributed by atoms with Crippen LogP contribution < -0.4 is 0 Å². The molecule has 0 aliphatic rings. The number of ether oxygens (including phenoxy) is 1. The lowest BCUT2D eigenvalue weighted by atomic mass is 10.0. The number of carbonyl (C=O) groups excluding carboxylic acids is 1. The maximum absolute atomic E-state index is 11.5. The van der Waals surface area contributed by atoms with E-state index in [0.717, 1.165) is 21.5 Å². The molecule has 14 heavy (non-hydrogen) atoms. The highest BCUT2D eigenvalue weighted by atomic mass is 79.9. The molecule has 0 bridgehead atoms. The number of esters is 1. The molecule has 0 aliphatic heterocycles. The van der Waals surface area contributed by atoms with Gasteiger partial charge in [-0.15, -0.1) is 11.3 Å². The van der Waals surface area contributed by atoms with Gasteiger partial charge in [0.15, 0.2) is 0 Å². The third-order valence-corrected chi connectivity index (χ3v) is 3.74. The third kappa shape index (κ3) is 2.82. The van der Waals surface area contributed by atoms with Gasteiger partial charge in [0.25, 0.3) is 0 Å². The molecular formula is C10H13BrO2S. The average Bonchev–Trinajstić information content (AvgIpc) is 2.60. The lowest BCUT2D eigenvalue weighted by Crippen LogP contribution is -2.12. The molecule has 1 unspecified atom stereocenters. The van der Waals surface area contributed by atoms with E-state index in [0.29, 0.717) is 0 Å². The second kappa shape index (κ2) is 5.51. The van der Waals surface area contributed by atoms with E-state index >= 15 is 0 Å². The van der Waals surface area contributed by atoms with Gasteiger partial charge in [-0.05, 0) is 34.5 Å².